The van der Waals surface area contributed by atoms with Crippen LogP contribution in [0.5, 0.6) is 11.6 Å². The summed E-state index contributed by atoms with van der Waals surface area (Å²) in [4.78, 5) is 16.6. The second-order valence-corrected chi connectivity index (χ2v) is 8.19. The molecule has 180 valence electrons. The van der Waals surface area contributed by atoms with Crippen molar-refractivity contribution < 1.29 is 27.4 Å². The molecule has 7 nitrogen and oxygen atoms in total. The summed E-state index contributed by atoms with van der Waals surface area (Å²) < 4.78 is 50.7. The molecule has 0 spiro atoms. The molecule has 4 rings (SSSR count). The highest BCUT2D eigenvalue weighted by Crippen LogP contribution is 2.31. The van der Waals surface area contributed by atoms with Crippen molar-refractivity contribution in [2.24, 2.45) is 7.05 Å². The van der Waals surface area contributed by atoms with Gasteiger partial charge in [-0.25, -0.2) is 4.98 Å². The van der Waals surface area contributed by atoms with Crippen molar-refractivity contribution in [1.29, 1.82) is 0 Å². The molecule has 3 aromatic rings. The maximum atomic E-state index is 12.9. The van der Waals surface area contributed by atoms with E-state index in [0.717, 1.165) is 17.8 Å². The molecule has 1 fully saturated rings. The molecule has 0 bridgehead atoms. The number of amides is 1. The van der Waals surface area contributed by atoms with E-state index in [9.17, 15) is 18.0 Å². The standard InChI is InChI=1S/C24H25F3N4O3/c1-31-20(13-19(30-31)18-5-3-4-6-21(18)33-2)23(32)29-16-8-10-17(11-9-16)34-22-12-7-15(14-28-22)24(25,26)27/h3-7,12-14,16-17H,8-11H2,1-2H3,(H,29,32). The van der Waals surface area contributed by atoms with Crippen LogP contribution < -0.4 is 14.8 Å². The van der Waals surface area contributed by atoms with Gasteiger partial charge in [0.15, 0.2) is 0 Å². The number of pyridine rings is 1. The summed E-state index contributed by atoms with van der Waals surface area (Å²) in [6, 6.07) is 11.4. The van der Waals surface area contributed by atoms with Gasteiger partial charge in [0.2, 0.25) is 5.88 Å². The fourth-order valence-electron chi connectivity index (χ4n) is 4.04. The van der Waals surface area contributed by atoms with Crippen molar-refractivity contribution in [1.82, 2.24) is 20.1 Å². The summed E-state index contributed by atoms with van der Waals surface area (Å²) in [5.74, 6) is 0.623. The Morgan fingerprint density at radius 1 is 1.12 bits per heavy atom. The number of carbonyl (C=O) groups excluding carboxylic acids is 1. The van der Waals surface area contributed by atoms with Gasteiger partial charge in [-0.2, -0.15) is 18.3 Å². The molecular weight excluding hydrogens is 449 g/mol. The first-order valence-electron chi connectivity index (χ1n) is 10.9. The first-order chi connectivity index (χ1) is 16.2. The average Bonchev–Trinajstić information content (AvgIpc) is 3.21. The fourth-order valence-corrected chi connectivity index (χ4v) is 4.04. The molecule has 1 N–H and O–H groups in total. The molecule has 0 aliphatic heterocycles. The lowest BCUT2D eigenvalue weighted by Gasteiger charge is -2.29. The number of carbonyl (C=O) groups is 1. The second-order valence-electron chi connectivity index (χ2n) is 8.19. The normalized spacial score (nSPS) is 18.4. The van der Waals surface area contributed by atoms with E-state index >= 15 is 0 Å². The number of para-hydroxylation sites is 1. The van der Waals surface area contributed by atoms with Crippen LogP contribution in [0.2, 0.25) is 0 Å². The van der Waals surface area contributed by atoms with Crippen LogP contribution in [0.15, 0.2) is 48.7 Å². The minimum absolute atomic E-state index is 0.0301. The molecular formula is C24H25F3N4O3. The third kappa shape index (κ3) is 5.32. The van der Waals surface area contributed by atoms with Crippen LogP contribution in [0.1, 0.15) is 41.7 Å². The van der Waals surface area contributed by atoms with Crippen molar-refractivity contribution in [3.8, 4) is 22.9 Å². The first kappa shape index (κ1) is 23.6. The van der Waals surface area contributed by atoms with Crippen LogP contribution in [0, 0.1) is 0 Å². The molecule has 0 radical (unpaired) electrons. The number of nitrogens with zero attached hydrogens (tertiary/aromatic N) is 3. The van der Waals surface area contributed by atoms with Gasteiger partial charge in [-0.05, 0) is 49.9 Å². The van der Waals surface area contributed by atoms with Gasteiger partial charge >= 0.3 is 6.18 Å². The van der Waals surface area contributed by atoms with E-state index in [4.69, 9.17) is 9.47 Å². The number of alkyl halides is 3. The highest BCUT2D eigenvalue weighted by Gasteiger charge is 2.31. The Morgan fingerprint density at radius 3 is 2.50 bits per heavy atom. The lowest BCUT2D eigenvalue weighted by molar-refractivity contribution is -0.137. The highest BCUT2D eigenvalue weighted by atomic mass is 19.4. The number of aryl methyl sites for hydroxylation is 1. The number of hydrogen-bond donors (Lipinski definition) is 1. The Kier molecular flexibility index (Phi) is 6.76. The zero-order valence-corrected chi connectivity index (χ0v) is 18.8. The monoisotopic (exact) mass is 474 g/mol. The quantitative estimate of drug-likeness (QED) is 0.564. The van der Waals surface area contributed by atoms with Crippen molar-refractivity contribution in [2.45, 2.75) is 44.0 Å². The Morgan fingerprint density at radius 2 is 1.85 bits per heavy atom. The Balaban J connectivity index is 1.32. The molecule has 1 aliphatic carbocycles. The minimum atomic E-state index is -4.43. The van der Waals surface area contributed by atoms with E-state index in [-0.39, 0.29) is 23.9 Å². The number of halogens is 3. The Labute approximate surface area is 194 Å². The minimum Gasteiger partial charge on any atom is -0.496 e. The predicted molar refractivity (Wildman–Crippen MR) is 119 cm³/mol. The van der Waals surface area contributed by atoms with Gasteiger partial charge in [-0.3, -0.25) is 9.48 Å². The number of hydrogen-bond acceptors (Lipinski definition) is 5. The van der Waals surface area contributed by atoms with Gasteiger partial charge in [-0.15, -0.1) is 0 Å². The SMILES string of the molecule is COc1ccccc1-c1cc(C(=O)NC2CCC(Oc3ccc(C(F)(F)F)cn3)CC2)n(C)n1. The van der Waals surface area contributed by atoms with Gasteiger partial charge in [-0.1, -0.05) is 12.1 Å². The zero-order chi connectivity index (χ0) is 24.3. The van der Waals surface area contributed by atoms with Crippen LogP contribution in [-0.4, -0.2) is 39.9 Å². The average molecular weight is 474 g/mol. The van der Waals surface area contributed by atoms with Gasteiger partial charge < -0.3 is 14.8 Å². The lowest BCUT2D eigenvalue weighted by Crippen LogP contribution is -2.40. The number of ether oxygens (including phenoxy) is 2. The van der Waals surface area contributed by atoms with E-state index < -0.39 is 11.7 Å². The third-order valence-electron chi connectivity index (χ3n) is 5.86. The topological polar surface area (TPSA) is 78.3 Å². The maximum Gasteiger partial charge on any atom is 0.417 e. The van der Waals surface area contributed by atoms with Crippen molar-refractivity contribution in [3.05, 3.63) is 59.9 Å². The van der Waals surface area contributed by atoms with Gasteiger partial charge in [0.25, 0.3) is 5.91 Å². The Hall–Kier alpha value is -3.56. The number of nitrogens with one attached hydrogen (secondary N) is 1. The summed E-state index contributed by atoms with van der Waals surface area (Å²) >= 11 is 0. The molecule has 1 saturated carbocycles. The number of aromatic nitrogens is 3. The molecule has 2 heterocycles. The zero-order valence-electron chi connectivity index (χ0n) is 18.8. The Bertz CT molecular complexity index is 1140. The fraction of sp³-hybridized carbons (Fsp3) is 0.375. The summed E-state index contributed by atoms with van der Waals surface area (Å²) in [7, 11) is 3.30. The van der Waals surface area contributed by atoms with Gasteiger partial charge in [0.1, 0.15) is 17.5 Å². The van der Waals surface area contributed by atoms with Crippen LogP contribution >= 0.6 is 0 Å². The van der Waals surface area contributed by atoms with E-state index in [1.807, 2.05) is 24.3 Å². The van der Waals surface area contributed by atoms with Crippen molar-refractivity contribution >= 4 is 5.91 Å². The summed E-state index contributed by atoms with van der Waals surface area (Å²) in [6.45, 7) is 0. The van der Waals surface area contributed by atoms with Gasteiger partial charge in [0, 0.05) is 30.9 Å². The smallest absolute Gasteiger partial charge is 0.417 e. The molecule has 10 heteroatoms. The number of methoxy groups -OCH3 is 1. The molecule has 0 saturated heterocycles. The lowest BCUT2D eigenvalue weighted by atomic mass is 9.93. The van der Waals surface area contributed by atoms with E-state index in [0.29, 0.717) is 42.8 Å². The second kappa shape index (κ2) is 9.74. The predicted octanol–water partition coefficient (Wildman–Crippen LogP) is 4.63. The highest BCUT2D eigenvalue weighted by molar-refractivity contribution is 5.94. The molecule has 34 heavy (non-hydrogen) atoms. The summed E-state index contributed by atoms with van der Waals surface area (Å²) in [6.07, 6.45) is -1.12. The molecule has 1 aromatic carbocycles. The van der Waals surface area contributed by atoms with Crippen LogP contribution in [0.4, 0.5) is 13.2 Å². The number of rotatable bonds is 6. The van der Waals surface area contributed by atoms with E-state index in [1.54, 1.807) is 24.9 Å². The molecule has 0 atom stereocenters. The maximum absolute atomic E-state index is 12.9. The summed E-state index contributed by atoms with van der Waals surface area (Å²) in [5.41, 5.74) is 1.07. The third-order valence-corrected chi connectivity index (χ3v) is 5.86. The van der Waals surface area contributed by atoms with E-state index in [2.05, 4.69) is 15.4 Å². The largest absolute Gasteiger partial charge is 0.496 e. The first-order valence-corrected chi connectivity index (χ1v) is 10.9. The van der Waals surface area contributed by atoms with Crippen molar-refractivity contribution in [2.75, 3.05) is 7.11 Å². The van der Waals surface area contributed by atoms with E-state index in [1.165, 1.54) is 6.07 Å². The van der Waals surface area contributed by atoms with Crippen LogP contribution in [0.25, 0.3) is 11.3 Å². The number of benzene rings is 1. The van der Waals surface area contributed by atoms with Gasteiger partial charge in [0.05, 0.1) is 18.4 Å². The molecule has 1 amide bonds. The van der Waals surface area contributed by atoms with Crippen LogP contribution in [-0.2, 0) is 13.2 Å². The molecule has 1 aliphatic rings. The summed E-state index contributed by atoms with van der Waals surface area (Å²) in [5, 5.41) is 7.51. The molecule has 2 aromatic heterocycles. The van der Waals surface area contributed by atoms with Crippen molar-refractivity contribution in [3.63, 3.8) is 0 Å². The van der Waals surface area contributed by atoms with Crippen LogP contribution in [0.3, 0.4) is 0 Å². The molecule has 0 unspecified atom stereocenters.